The van der Waals surface area contributed by atoms with Crippen molar-refractivity contribution >= 4 is 44.9 Å². The molecule has 5 aromatic rings. The number of methoxy groups -OCH3 is 2. The van der Waals surface area contributed by atoms with E-state index < -0.39 is 57.7 Å². The van der Waals surface area contributed by atoms with Gasteiger partial charge in [-0.1, -0.05) is 44.2 Å². The van der Waals surface area contributed by atoms with E-state index in [4.69, 9.17) is 14.5 Å². The zero-order valence-corrected chi connectivity index (χ0v) is 38.5. The SMILES string of the molecule is COC(=O)N[C@@H](CS(C)(=O)=O)C(=O)N1[C@@H]2CC[C@H](C2)[C@H]1c1nc2ccc(-c3ccc4c(c3)C(F)(F)c3cc(-c5cnc([C@@H]6CC7(CC7)CN6C(=O)[C@@H](NC(=O)OC)C(C)C)[nH]5)ccc3-4)cc2[nH]1. The number of piperidine rings is 1. The predicted octanol–water partition coefficient (Wildman–Crippen LogP) is 7.00. The number of likely N-dealkylation sites (tertiary alicyclic amines) is 2. The van der Waals surface area contributed by atoms with Crippen LogP contribution in [0.1, 0.15) is 87.2 Å². The molecule has 1 spiro atoms. The van der Waals surface area contributed by atoms with Crippen LogP contribution in [0.25, 0.3) is 44.5 Å². The van der Waals surface area contributed by atoms with E-state index in [1.165, 1.54) is 19.2 Å². The molecule has 2 saturated heterocycles. The number of imidazole rings is 2. The monoisotopic (exact) mass is 938 g/mol. The van der Waals surface area contributed by atoms with E-state index >= 15 is 8.78 Å². The lowest BCUT2D eigenvalue weighted by atomic mass is 9.97. The van der Waals surface area contributed by atoms with Crippen molar-refractivity contribution in [3.8, 4) is 33.5 Å². The number of alkyl carbamates (subject to hydrolysis) is 2. The van der Waals surface area contributed by atoms with Gasteiger partial charge in [0.2, 0.25) is 11.8 Å². The van der Waals surface area contributed by atoms with Gasteiger partial charge in [-0.2, -0.15) is 8.78 Å². The molecule has 19 heteroatoms. The number of halogens is 2. The summed E-state index contributed by atoms with van der Waals surface area (Å²) in [5, 5.41) is 5.10. The van der Waals surface area contributed by atoms with Crippen LogP contribution in [0, 0.1) is 17.3 Å². The third-order valence-corrected chi connectivity index (χ3v) is 15.5. The summed E-state index contributed by atoms with van der Waals surface area (Å²) >= 11 is 0. The first-order valence-corrected chi connectivity index (χ1v) is 24.6. The predicted molar refractivity (Wildman–Crippen MR) is 242 cm³/mol. The second-order valence-electron chi connectivity index (χ2n) is 19.4. The van der Waals surface area contributed by atoms with Gasteiger partial charge in [0.25, 0.3) is 5.92 Å². The Labute approximate surface area is 385 Å². The Bertz CT molecular complexity index is 2970. The maximum absolute atomic E-state index is 16.7. The van der Waals surface area contributed by atoms with Gasteiger partial charge in [-0.3, -0.25) is 9.59 Å². The summed E-state index contributed by atoms with van der Waals surface area (Å²) in [5.74, 6) is -3.72. The molecule has 2 aromatic heterocycles. The smallest absolute Gasteiger partial charge is 0.407 e. The van der Waals surface area contributed by atoms with Crippen molar-refractivity contribution in [1.82, 2.24) is 40.4 Å². The van der Waals surface area contributed by atoms with Gasteiger partial charge < -0.3 is 39.9 Å². The zero-order chi connectivity index (χ0) is 47.3. The number of aromatic amines is 2. The number of sulfone groups is 1. The van der Waals surface area contributed by atoms with Crippen LogP contribution in [-0.4, -0.2) is 113 Å². The number of aromatic nitrogens is 4. The summed E-state index contributed by atoms with van der Waals surface area (Å²) in [7, 11) is -1.27. The number of rotatable bonds is 11. The standard InChI is InChI=1S/C48H52F2N8O8S/c1-24(2)39(56-46(62)66-4)44(60)57-23-47(14-15-47)20-38(57)41-51-21-36(54-41)27-8-12-31-30-11-7-25(17-32(30)48(49,50)33(31)18-27)26-9-13-34-35(19-26)53-42(52-34)40-28-6-10-29(16-28)58(40)43(59)37(22-67(5,63)64)55-45(61)65-3/h7-9,11-13,17-19,21,24,28-29,37-40H,6,10,14-16,20,22-23H2,1-5H3,(H,51,54)(H,52,53)(H,55,61)(H,56,62)/t28-,29-,37+,38+,39+,40+/m1/s1. The van der Waals surface area contributed by atoms with Gasteiger partial charge in [0.1, 0.15) is 33.6 Å². The summed E-state index contributed by atoms with van der Waals surface area (Å²) in [6.45, 7) is 4.26. The molecule has 2 bridgehead atoms. The molecule has 67 heavy (non-hydrogen) atoms. The van der Waals surface area contributed by atoms with E-state index in [-0.39, 0.29) is 46.4 Å². The molecule has 2 aliphatic heterocycles. The van der Waals surface area contributed by atoms with Crippen LogP contribution in [0.2, 0.25) is 0 Å². The van der Waals surface area contributed by atoms with E-state index in [0.29, 0.717) is 75.6 Å². The number of hydrogen-bond donors (Lipinski definition) is 4. The van der Waals surface area contributed by atoms with Crippen molar-refractivity contribution in [2.75, 3.05) is 32.8 Å². The Morgan fingerprint density at radius 2 is 1.52 bits per heavy atom. The highest BCUT2D eigenvalue weighted by Gasteiger charge is 2.56. The van der Waals surface area contributed by atoms with Crippen molar-refractivity contribution in [3.05, 3.63) is 83.6 Å². The minimum absolute atomic E-state index is 0.00656. The van der Waals surface area contributed by atoms with Crippen molar-refractivity contribution in [1.29, 1.82) is 0 Å². The first-order chi connectivity index (χ1) is 31.9. The van der Waals surface area contributed by atoms with Crippen LogP contribution in [0.3, 0.4) is 0 Å². The average Bonchev–Trinajstić information content (AvgIpc) is 3.96. The summed E-state index contributed by atoms with van der Waals surface area (Å²) in [4.78, 5) is 72.1. The second kappa shape index (κ2) is 16.2. The molecule has 0 unspecified atom stereocenters. The van der Waals surface area contributed by atoms with Gasteiger partial charge in [0, 0.05) is 35.5 Å². The Kier molecular flexibility index (Phi) is 10.7. The Morgan fingerprint density at radius 3 is 2.19 bits per heavy atom. The lowest BCUT2D eigenvalue weighted by Crippen LogP contribution is -2.54. The molecule has 5 aliphatic rings. The maximum Gasteiger partial charge on any atom is 0.407 e. The zero-order valence-electron chi connectivity index (χ0n) is 37.7. The first kappa shape index (κ1) is 44.5. The Balaban J connectivity index is 0.896. The Morgan fingerprint density at radius 1 is 0.866 bits per heavy atom. The summed E-state index contributed by atoms with van der Waals surface area (Å²) in [5.41, 5.74) is 4.15. The second-order valence-corrected chi connectivity index (χ2v) is 21.6. The van der Waals surface area contributed by atoms with E-state index in [1.807, 2.05) is 32.0 Å². The quantitative estimate of drug-likeness (QED) is 0.107. The number of alkyl halides is 2. The molecular weight excluding hydrogens is 887 g/mol. The van der Waals surface area contributed by atoms with Crippen LogP contribution in [0.15, 0.2) is 60.8 Å². The summed E-state index contributed by atoms with van der Waals surface area (Å²) in [6.07, 6.45) is 5.99. The van der Waals surface area contributed by atoms with E-state index in [9.17, 15) is 27.6 Å². The van der Waals surface area contributed by atoms with Crippen LogP contribution >= 0.6 is 0 Å². The molecular formula is C48H52F2N8O8S. The average molecular weight is 939 g/mol. The van der Waals surface area contributed by atoms with Crippen molar-refractivity contribution in [2.24, 2.45) is 17.3 Å². The minimum atomic E-state index is -3.67. The Hall–Kier alpha value is -6.37. The van der Waals surface area contributed by atoms with Crippen LogP contribution in [0.4, 0.5) is 18.4 Å². The number of ether oxygens (including phenoxy) is 2. The minimum Gasteiger partial charge on any atom is -0.453 e. The van der Waals surface area contributed by atoms with E-state index in [2.05, 4.69) is 25.6 Å². The van der Waals surface area contributed by atoms with Gasteiger partial charge in [-0.05, 0) is 102 Å². The third-order valence-electron chi connectivity index (χ3n) is 14.6. The van der Waals surface area contributed by atoms with Crippen LogP contribution in [-0.2, 0) is 34.8 Å². The van der Waals surface area contributed by atoms with Crippen molar-refractivity contribution in [2.45, 2.75) is 88.5 Å². The number of fused-ring (bicyclic) bond motifs is 6. The highest BCUT2D eigenvalue weighted by molar-refractivity contribution is 7.90. The molecule has 4 N–H and O–H groups in total. The lowest BCUT2D eigenvalue weighted by molar-refractivity contribution is -0.137. The van der Waals surface area contributed by atoms with Crippen molar-refractivity contribution < 1.29 is 45.9 Å². The molecule has 4 heterocycles. The molecule has 3 aromatic carbocycles. The third kappa shape index (κ3) is 7.87. The molecule has 10 rings (SSSR count). The highest BCUT2D eigenvalue weighted by Crippen LogP contribution is 2.59. The number of nitrogens with zero attached hydrogens (tertiary/aromatic N) is 4. The fourth-order valence-corrected chi connectivity index (χ4v) is 11.9. The molecule has 352 valence electrons. The normalized spacial score (nSPS) is 22.7. The number of benzene rings is 3. The molecule has 4 amide bonds. The molecule has 3 aliphatic carbocycles. The van der Waals surface area contributed by atoms with Crippen LogP contribution in [0.5, 0.6) is 0 Å². The van der Waals surface area contributed by atoms with E-state index in [1.54, 1.807) is 40.3 Å². The summed E-state index contributed by atoms with van der Waals surface area (Å²) in [6, 6.07) is 12.3. The van der Waals surface area contributed by atoms with Gasteiger partial charge >= 0.3 is 12.2 Å². The topological polar surface area (TPSA) is 209 Å². The number of carbonyl (C=O) groups is 4. The fourth-order valence-electron chi connectivity index (χ4n) is 11.0. The molecule has 4 fully saturated rings. The van der Waals surface area contributed by atoms with Gasteiger partial charge in [-0.25, -0.2) is 28.0 Å². The molecule has 0 radical (unpaired) electrons. The molecule has 6 atom stereocenters. The highest BCUT2D eigenvalue weighted by atomic mass is 32.2. The molecule has 2 saturated carbocycles. The largest absolute Gasteiger partial charge is 0.453 e. The van der Waals surface area contributed by atoms with Gasteiger partial charge in [0.15, 0.2) is 0 Å². The number of amides is 4. The lowest BCUT2D eigenvalue weighted by Gasteiger charge is -2.36. The number of hydrogen-bond acceptors (Lipinski definition) is 10. The summed E-state index contributed by atoms with van der Waals surface area (Å²) < 4.78 is 67.5. The van der Waals surface area contributed by atoms with Crippen LogP contribution < -0.4 is 10.6 Å². The van der Waals surface area contributed by atoms with E-state index in [0.717, 1.165) is 39.0 Å². The number of carbonyl (C=O) groups excluding carboxylic acids is 4. The van der Waals surface area contributed by atoms with Gasteiger partial charge in [0.05, 0.1) is 55.0 Å². The maximum atomic E-state index is 16.7. The van der Waals surface area contributed by atoms with Crippen molar-refractivity contribution in [3.63, 3.8) is 0 Å². The fraction of sp³-hybridized carbons (Fsp3) is 0.458. The first-order valence-electron chi connectivity index (χ1n) is 22.6. The molecule has 16 nitrogen and oxygen atoms in total. The number of H-pyrrole nitrogens is 2. The number of nitrogens with one attached hydrogen (secondary N) is 4. The van der Waals surface area contributed by atoms with Gasteiger partial charge in [-0.15, -0.1) is 0 Å².